The zero-order chi connectivity index (χ0) is 15.2. The first-order valence-corrected chi connectivity index (χ1v) is 7.36. The Labute approximate surface area is 122 Å². The number of likely N-dealkylation sites (N-methyl/N-ethyl adjacent to an activating group) is 2. The van der Waals surface area contributed by atoms with Crippen LogP contribution in [0.25, 0.3) is 0 Å². The van der Waals surface area contributed by atoms with Gasteiger partial charge < -0.3 is 10.1 Å². The molecule has 0 aliphatic carbocycles. The molecule has 1 aromatic rings. The Kier molecular flexibility index (Phi) is 6.36. The smallest absolute Gasteiger partial charge is 0.237 e. The third-order valence-electron chi connectivity index (χ3n) is 4.27. The van der Waals surface area contributed by atoms with Crippen molar-refractivity contribution in [2.24, 2.45) is 0 Å². The minimum Gasteiger partial charge on any atom is -0.480 e. The van der Waals surface area contributed by atoms with Gasteiger partial charge in [0.25, 0.3) is 0 Å². The summed E-state index contributed by atoms with van der Waals surface area (Å²) in [4.78, 5) is 11.3. The molecular weight excluding hydrogens is 252 g/mol. The fourth-order valence-corrected chi connectivity index (χ4v) is 2.99. The predicted octanol–water partition coefficient (Wildman–Crippen LogP) is 2.26. The highest BCUT2D eigenvalue weighted by Crippen LogP contribution is 2.35. The largest absolute Gasteiger partial charge is 0.480 e. The molecule has 0 amide bonds. The standard InChI is InChI=1S/C15H28N4O/c1-7-15(4,19(8-2)9-3)13(16-5)12-14(20-6)18-11-10-17-12/h10-11,13,16H,7-9H2,1-6H3. The van der Waals surface area contributed by atoms with Crippen molar-refractivity contribution in [3.63, 3.8) is 0 Å². The molecule has 0 saturated carbocycles. The van der Waals surface area contributed by atoms with Crippen LogP contribution in [0.15, 0.2) is 12.4 Å². The van der Waals surface area contributed by atoms with Crippen LogP contribution in [-0.2, 0) is 0 Å². The minimum absolute atomic E-state index is 0.0401. The van der Waals surface area contributed by atoms with Crippen LogP contribution in [0.5, 0.6) is 5.88 Å². The summed E-state index contributed by atoms with van der Waals surface area (Å²) in [6.07, 6.45) is 4.40. The number of nitrogens with one attached hydrogen (secondary N) is 1. The number of nitrogens with zero attached hydrogens (tertiary/aromatic N) is 3. The molecule has 2 unspecified atom stereocenters. The van der Waals surface area contributed by atoms with Crippen LogP contribution < -0.4 is 10.1 Å². The number of aromatic nitrogens is 2. The van der Waals surface area contributed by atoms with Crippen LogP contribution in [0, 0.1) is 0 Å². The van der Waals surface area contributed by atoms with Gasteiger partial charge in [0.15, 0.2) is 0 Å². The number of ether oxygens (including phenoxy) is 1. The molecule has 2 atom stereocenters. The Morgan fingerprint density at radius 2 is 1.85 bits per heavy atom. The highest BCUT2D eigenvalue weighted by Gasteiger charge is 2.39. The van der Waals surface area contributed by atoms with Gasteiger partial charge in [0.1, 0.15) is 5.69 Å². The quantitative estimate of drug-likeness (QED) is 0.791. The lowest BCUT2D eigenvalue weighted by Gasteiger charge is -2.45. The third kappa shape index (κ3) is 3.10. The zero-order valence-corrected chi connectivity index (χ0v) is 13.6. The summed E-state index contributed by atoms with van der Waals surface area (Å²) >= 11 is 0. The van der Waals surface area contributed by atoms with Crippen molar-refractivity contribution in [2.75, 3.05) is 27.2 Å². The first-order chi connectivity index (χ1) is 9.58. The van der Waals surface area contributed by atoms with E-state index < -0.39 is 0 Å². The molecule has 0 bridgehead atoms. The van der Waals surface area contributed by atoms with Crippen molar-refractivity contribution in [1.82, 2.24) is 20.2 Å². The number of methoxy groups -OCH3 is 1. The summed E-state index contributed by atoms with van der Waals surface area (Å²) in [6, 6.07) is 0.0658. The topological polar surface area (TPSA) is 50.3 Å². The van der Waals surface area contributed by atoms with Gasteiger partial charge in [0.05, 0.1) is 13.2 Å². The molecule has 5 heteroatoms. The van der Waals surface area contributed by atoms with Gasteiger partial charge in [0.2, 0.25) is 5.88 Å². The van der Waals surface area contributed by atoms with Gasteiger partial charge in [-0.05, 0) is 33.5 Å². The Bertz CT molecular complexity index is 409. The van der Waals surface area contributed by atoms with E-state index in [2.05, 4.69) is 47.9 Å². The maximum atomic E-state index is 5.38. The predicted molar refractivity (Wildman–Crippen MR) is 82.0 cm³/mol. The normalized spacial score (nSPS) is 15.9. The summed E-state index contributed by atoms with van der Waals surface area (Å²) < 4.78 is 5.38. The minimum atomic E-state index is -0.0401. The van der Waals surface area contributed by atoms with Gasteiger partial charge in [-0.25, -0.2) is 4.98 Å². The van der Waals surface area contributed by atoms with Crippen molar-refractivity contribution in [3.05, 3.63) is 18.1 Å². The third-order valence-corrected chi connectivity index (χ3v) is 4.27. The lowest BCUT2D eigenvalue weighted by Crippen LogP contribution is -2.54. The molecule has 114 valence electrons. The summed E-state index contributed by atoms with van der Waals surface area (Å²) in [5.74, 6) is 0.596. The van der Waals surface area contributed by atoms with Crippen LogP contribution >= 0.6 is 0 Å². The Morgan fingerprint density at radius 1 is 1.25 bits per heavy atom. The van der Waals surface area contributed by atoms with E-state index in [0.717, 1.165) is 25.2 Å². The second-order valence-corrected chi connectivity index (χ2v) is 5.06. The molecule has 0 fully saturated rings. The highest BCUT2D eigenvalue weighted by atomic mass is 16.5. The van der Waals surface area contributed by atoms with Gasteiger partial charge in [0, 0.05) is 17.9 Å². The lowest BCUT2D eigenvalue weighted by atomic mass is 9.85. The van der Waals surface area contributed by atoms with Crippen molar-refractivity contribution in [1.29, 1.82) is 0 Å². The zero-order valence-electron chi connectivity index (χ0n) is 13.6. The molecule has 0 aliphatic heterocycles. The SMILES string of the molecule is CCN(CC)C(C)(CC)C(NC)c1nccnc1OC. The summed E-state index contributed by atoms with van der Waals surface area (Å²) in [7, 11) is 3.61. The molecule has 20 heavy (non-hydrogen) atoms. The average Bonchev–Trinajstić information content (AvgIpc) is 2.49. The van der Waals surface area contributed by atoms with Crippen molar-refractivity contribution >= 4 is 0 Å². The fraction of sp³-hybridized carbons (Fsp3) is 0.733. The second-order valence-electron chi connectivity index (χ2n) is 5.06. The van der Waals surface area contributed by atoms with E-state index in [4.69, 9.17) is 4.74 Å². The average molecular weight is 280 g/mol. The van der Waals surface area contributed by atoms with Crippen LogP contribution in [0.2, 0.25) is 0 Å². The van der Waals surface area contributed by atoms with Gasteiger partial charge in [-0.2, -0.15) is 0 Å². The van der Waals surface area contributed by atoms with E-state index in [1.54, 1.807) is 19.5 Å². The van der Waals surface area contributed by atoms with Crippen LogP contribution in [0.4, 0.5) is 0 Å². The van der Waals surface area contributed by atoms with Crippen LogP contribution in [0.3, 0.4) is 0 Å². The van der Waals surface area contributed by atoms with Crippen LogP contribution in [-0.4, -0.2) is 47.7 Å². The van der Waals surface area contributed by atoms with Crippen molar-refractivity contribution in [3.8, 4) is 5.88 Å². The molecule has 1 aromatic heterocycles. The maximum Gasteiger partial charge on any atom is 0.237 e. The molecule has 0 saturated heterocycles. The monoisotopic (exact) mass is 280 g/mol. The Morgan fingerprint density at radius 3 is 2.30 bits per heavy atom. The van der Waals surface area contributed by atoms with Gasteiger partial charge >= 0.3 is 0 Å². The molecule has 1 heterocycles. The number of hydrogen-bond acceptors (Lipinski definition) is 5. The van der Waals surface area contributed by atoms with Gasteiger partial charge in [-0.1, -0.05) is 20.8 Å². The molecule has 0 spiro atoms. The van der Waals surface area contributed by atoms with E-state index in [1.807, 2.05) is 7.05 Å². The van der Waals surface area contributed by atoms with E-state index >= 15 is 0 Å². The number of hydrogen-bond donors (Lipinski definition) is 1. The summed E-state index contributed by atoms with van der Waals surface area (Å²) in [5, 5.41) is 3.41. The maximum absolute atomic E-state index is 5.38. The van der Waals surface area contributed by atoms with Crippen LogP contribution in [0.1, 0.15) is 45.9 Å². The molecule has 5 nitrogen and oxygen atoms in total. The first-order valence-electron chi connectivity index (χ1n) is 7.36. The molecule has 1 N–H and O–H groups in total. The van der Waals surface area contributed by atoms with E-state index in [9.17, 15) is 0 Å². The molecular formula is C15H28N4O. The van der Waals surface area contributed by atoms with E-state index in [1.165, 1.54) is 0 Å². The fourth-order valence-electron chi connectivity index (χ4n) is 2.99. The Hall–Kier alpha value is -1.20. The molecule has 1 rings (SSSR count). The van der Waals surface area contributed by atoms with Gasteiger partial charge in [-0.3, -0.25) is 9.88 Å². The van der Waals surface area contributed by atoms with E-state index in [-0.39, 0.29) is 11.6 Å². The van der Waals surface area contributed by atoms with Crippen molar-refractivity contribution in [2.45, 2.75) is 45.7 Å². The van der Waals surface area contributed by atoms with Gasteiger partial charge in [-0.15, -0.1) is 0 Å². The second kappa shape index (κ2) is 7.55. The highest BCUT2D eigenvalue weighted by molar-refractivity contribution is 5.25. The van der Waals surface area contributed by atoms with Crippen molar-refractivity contribution < 1.29 is 4.74 Å². The summed E-state index contributed by atoms with van der Waals surface area (Å²) in [5.41, 5.74) is 0.829. The first kappa shape index (κ1) is 16.9. The number of rotatable bonds is 8. The molecule has 0 radical (unpaired) electrons. The summed E-state index contributed by atoms with van der Waals surface area (Å²) in [6.45, 7) is 10.9. The van der Waals surface area contributed by atoms with E-state index in [0.29, 0.717) is 5.88 Å². The molecule has 0 aromatic carbocycles. The lowest BCUT2D eigenvalue weighted by molar-refractivity contribution is 0.0699. The Balaban J connectivity index is 3.27. The molecule has 0 aliphatic rings.